The molecular weight excluding hydrogens is 128 g/mol. The standard InChI is InChI=1S/C5H9ClO2/c1-2-3-5(6)8-4-7/h4-5H,2-3H2,1H3. The molecule has 0 heterocycles. The normalized spacial score (nSPS) is 12.8. The van der Waals surface area contributed by atoms with Crippen molar-refractivity contribution in [2.24, 2.45) is 0 Å². The van der Waals surface area contributed by atoms with Gasteiger partial charge < -0.3 is 4.74 Å². The zero-order valence-corrected chi connectivity index (χ0v) is 5.52. The van der Waals surface area contributed by atoms with Crippen molar-refractivity contribution in [1.29, 1.82) is 0 Å². The maximum atomic E-state index is 9.58. The van der Waals surface area contributed by atoms with E-state index in [1.807, 2.05) is 6.92 Å². The molecule has 1 atom stereocenters. The second-order valence-corrected chi connectivity index (χ2v) is 1.92. The first-order valence-corrected chi connectivity index (χ1v) is 2.98. The van der Waals surface area contributed by atoms with Gasteiger partial charge in [-0.2, -0.15) is 0 Å². The zero-order chi connectivity index (χ0) is 6.41. The highest BCUT2D eigenvalue weighted by Crippen LogP contribution is 2.03. The van der Waals surface area contributed by atoms with Crippen molar-refractivity contribution in [3.05, 3.63) is 0 Å². The van der Waals surface area contributed by atoms with Gasteiger partial charge in [-0.3, -0.25) is 4.79 Å². The van der Waals surface area contributed by atoms with Gasteiger partial charge in [-0.1, -0.05) is 24.9 Å². The summed E-state index contributed by atoms with van der Waals surface area (Å²) in [5.74, 6) is 0. The van der Waals surface area contributed by atoms with Crippen LogP contribution >= 0.6 is 11.6 Å². The highest BCUT2D eigenvalue weighted by Gasteiger charge is 1.98. The van der Waals surface area contributed by atoms with Crippen LogP contribution in [0.2, 0.25) is 0 Å². The summed E-state index contributed by atoms with van der Waals surface area (Å²) in [6.07, 6.45) is 1.66. The van der Waals surface area contributed by atoms with Gasteiger partial charge in [0.05, 0.1) is 0 Å². The van der Waals surface area contributed by atoms with Crippen LogP contribution in [-0.2, 0) is 9.53 Å². The van der Waals surface area contributed by atoms with E-state index in [0.717, 1.165) is 12.8 Å². The zero-order valence-electron chi connectivity index (χ0n) is 4.76. The monoisotopic (exact) mass is 136 g/mol. The molecule has 0 aliphatic heterocycles. The number of rotatable bonds is 4. The Labute approximate surface area is 53.8 Å². The molecule has 3 heteroatoms. The van der Waals surface area contributed by atoms with Gasteiger partial charge in [0, 0.05) is 0 Å². The molecule has 0 bridgehead atoms. The molecule has 0 spiro atoms. The molecule has 0 aromatic heterocycles. The van der Waals surface area contributed by atoms with Gasteiger partial charge in [0.25, 0.3) is 6.47 Å². The van der Waals surface area contributed by atoms with E-state index in [9.17, 15) is 4.79 Å². The summed E-state index contributed by atoms with van der Waals surface area (Å²) in [5.41, 5.74) is -0.433. The summed E-state index contributed by atoms with van der Waals surface area (Å²) in [4.78, 5) is 9.58. The van der Waals surface area contributed by atoms with Crippen LogP contribution in [0.1, 0.15) is 19.8 Å². The fourth-order valence-corrected chi connectivity index (χ4v) is 0.615. The SMILES string of the molecule is CCCC(Cl)OC=O. The molecule has 0 saturated carbocycles. The average molecular weight is 137 g/mol. The number of halogens is 1. The molecule has 1 unspecified atom stereocenters. The first-order chi connectivity index (χ1) is 3.81. The number of carbonyl (C=O) groups excluding carboxylic acids is 1. The van der Waals surface area contributed by atoms with Gasteiger partial charge in [-0.15, -0.1) is 0 Å². The fraction of sp³-hybridized carbons (Fsp3) is 0.800. The molecule has 0 aliphatic rings. The Bertz CT molecular complexity index is 65.4. The van der Waals surface area contributed by atoms with Crippen LogP contribution < -0.4 is 0 Å². The van der Waals surface area contributed by atoms with Crippen molar-refractivity contribution < 1.29 is 9.53 Å². The number of carbonyl (C=O) groups is 1. The fourth-order valence-electron chi connectivity index (χ4n) is 0.355. The van der Waals surface area contributed by atoms with E-state index in [4.69, 9.17) is 11.6 Å². The first kappa shape index (κ1) is 7.76. The van der Waals surface area contributed by atoms with E-state index in [2.05, 4.69) is 4.74 Å². The van der Waals surface area contributed by atoms with E-state index in [0.29, 0.717) is 6.47 Å². The molecule has 8 heavy (non-hydrogen) atoms. The lowest BCUT2D eigenvalue weighted by atomic mass is 10.4. The molecule has 0 aromatic carbocycles. The topological polar surface area (TPSA) is 26.3 Å². The predicted octanol–water partition coefficient (Wildman–Crippen LogP) is 1.52. The Kier molecular flexibility index (Phi) is 4.76. The summed E-state index contributed by atoms with van der Waals surface area (Å²) in [6.45, 7) is 2.34. The summed E-state index contributed by atoms with van der Waals surface area (Å²) in [7, 11) is 0. The predicted molar refractivity (Wildman–Crippen MR) is 31.7 cm³/mol. The van der Waals surface area contributed by atoms with Crippen LogP contribution in [-0.4, -0.2) is 12.0 Å². The van der Waals surface area contributed by atoms with E-state index < -0.39 is 5.56 Å². The van der Waals surface area contributed by atoms with Crippen molar-refractivity contribution >= 4 is 18.1 Å². The summed E-state index contributed by atoms with van der Waals surface area (Å²) >= 11 is 5.43. The van der Waals surface area contributed by atoms with Crippen LogP contribution in [0.5, 0.6) is 0 Å². The molecule has 0 saturated heterocycles. The smallest absolute Gasteiger partial charge is 0.294 e. The van der Waals surface area contributed by atoms with Gasteiger partial charge in [-0.25, -0.2) is 0 Å². The lowest BCUT2D eigenvalue weighted by Gasteiger charge is -2.02. The summed E-state index contributed by atoms with van der Waals surface area (Å²) in [6, 6.07) is 0. The van der Waals surface area contributed by atoms with Crippen LogP contribution in [0.25, 0.3) is 0 Å². The number of alkyl halides is 1. The Morgan fingerprint density at radius 3 is 2.88 bits per heavy atom. The molecule has 0 N–H and O–H groups in total. The molecule has 48 valence electrons. The van der Waals surface area contributed by atoms with Crippen molar-refractivity contribution in [1.82, 2.24) is 0 Å². The average Bonchev–Trinajstić information content (AvgIpc) is 1.68. The lowest BCUT2D eigenvalue weighted by molar-refractivity contribution is -0.130. The van der Waals surface area contributed by atoms with Gasteiger partial charge in [0.1, 0.15) is 0 Å². The minimum absolute atomic E-state index is 0.368. The Morgan fingerprint density at radius 1 is 1.88 bits per heavy atom. The van der Waals surface area contributed by atoms with E-state index in [1.165, 1.54) is 0 Å². The Hall–Kier alpha value is -0.240. The summed E-state index contributed by atoms with van der Waals surface area (Å²) in [5, 5.41) is 0. The summed E-state index contributed by atoms with van der Waals surface area (Å²) < 4.78 is 4.37. The number of ether oxygens (including phenoxy) is 1. The van der Waals surface area contributed by atoms with Crippen molar-refractivity contribution in [3.63, 3.8) is 0 Å². The van der Waals surface area contributed by atoms with E-state index in [-0.39, 0.29) is 0 Å². The molecule has 2 nitrogen and oxygen atoms in total. The Morgan fingerprint density at radius 2 is 2.50 bits per heavy atom. The highest BCUT2D eigenvalue weighted by atomic mass is 35.5. The maximum absolute atomic E-state index is 9.58. The van der Waals surface area contributed by atoms with Crippen LogP contribution in [0.3, 0.4) is 0 Å². The molecule has 0 rings (SSSR count). The molecule has 0 radical (unpaired) electrons. The van der Waals surface area contributed by atoms with Gasteiger partial charge in [0.15, 0.2) is 5.56 Å². The largest absolute Gasteiger partial charge is 0.448 e. The van der Waals surface area contributed by atoms with Crippen molar-refractivity contribution in [2.75, 3.05) is 0 Å². The van der Waals surface area contributed by atoms with Crippen molar-refractivity contribution in [3.8, 4) is 0 Å². The van der Waals surface area contributed by atoms with Gasteiger partial charge in [-0.05, 0) is 6.42 Å². The second kappa shape index (κ2) is 4.91. The van der Waals surface area contributed by atoms with Crippen LogP contribution in [0.4, 0.5) is 0 Å². The minimum Gasteiger partial charge on any atom is -0.448 e. The van der Waals surface area contributed by atoms with E-state index >= 15 is 0 Å². The number of hydrogen-bond acceptors (Lipinski definition) is 2. The second-order valence-electron chi connectivity index (χ2n) is 1.43. The molecule has 0 aliphatic carbocycles. The van der Waals surface area contributed by atoms with E-state index in [1.54, 1.807) is 0 Å². The third-order valence-corrected chi connectivity index (χ3v) is 1.04. The third-order valence-electron chi connectivity index (χ3n) is 0.719. The molecular formula is C5H9ClO2. The number of hydrogen-bond donors (Lipinski definition) is 0. The first-order valence-electron chi connectivity index (χ1n) is 2.54. The molecule has 0 aromatic rings. The van der Waals surface area contributed by atoms with Crippen LogP contribution in [0.15, 0.2) is 0 Å². The maximum Gasteiger partial charge on any atom is 0.294 e. The Balaban J connectivity index is 3.03. The van der Waals surface area contributed by atoms with Gasteiger partial charge in [0.2, 0.25) is 0 Å². The van der Waals surface area contributed by atoms with Crippen LogP contribution in [0, 0.1) is 0 Å². The highest BCUT2D eigenvalue weighted by molar-refractivity contribution is 6.19. The molecule has 0 amide bonds. The quantitative estimate of drug-likeness (QED) is 0.433. The lowest BCUT2D eigenvalue weighted by Crippen LogP contribution is -2.01. The third kappa shape index (κ3) is 3.93. The minimum atomic E-state index is -0.433. The van der Waals surface area contributed by atoms with Gasteiger partial charge >= 0.3 is 0 Å². The molecule has 0 fully saturated rings. The van der Waals surface area contributed by atoms with Crippen molar-refractivity contribution in [2.45, 2.75) is 25.3 Å².